The van der Waals surface area contributed by atoms with E-state index in [1.807, 2.05) is 36.5 Å². The summed E-state index contributed by atoms with van der Waals surface area (Å²) in [5, 5.41) is 5.80. The number of fused-ring (bicyclic) bond motifs is 1. The molecule has 0 fully saturated rings. The molecule has 0 bridgehead atoms. The molecule has 0 N–H and O–H groups in total. The summed E-state index contributed by atoms with van der Waals surface area (Å²) in [6.45, 7) is 4.00. The first-order chi connectivity index (χ1) is 7.22. The van der Waals surface area contributed by atoms with Gasteiger partial charge in [-0.25, -0.2) is 4.45 Å². The van der Waals surface area contributed by atoms with Crippen LogP contribution in [0.4, 0.5) is 0 Å². The van der Waals surface area contributed by atoms with Gasteiger partial charge in [0.05, 0.1) is 11.9 Å². The van der Waals surface area contributed by atoms with Gasteiger partial charge in [0.2, 0.25) is 0 Å². The van der Waals surface area contributed by atoms with Crippen molar-refractivity contribution in [2.24, 2.45) is 0 Å². The first-order valence-electron chi connectivity index (χ1n) is 4.43. The Morgan fingerprint density at radius 3 is 2.73 bits per heavy atom. The van der Waals surface area contributed by atoms with Gasteiger partial charge in [0.25, 0.3) is 0 Å². The van der Waals surface area contributed by atoms with Gasteiger partial charge in [0.1, 0.15) is 0 Å². The predicted molar refractivity (Wildman–Crippen MR) is 81.5 cm³/mol. The van der Waals surface area contributed by atoms with Crippen LogP contribution in [-0.4, -0.2) is 9.55 Å². The van der Waals surface area contributed by atoms with Gasteiger partial charge in [-0.3, -0.25) is 0 Å². The lowest BCUT2D eigenvalue weighted by molar-refractivity contribution is 1.04. The van der Waals surface area contributed by atoms with Crippen molar-refractivity contribution < 1.29 is 0 Å². The van der Waals surface area contributed by atoms with Gasteiger partial charge < -0.3 is 0 Å². The average Bonchev–Trinajstić information content (AvgIpc) is 2.58. The predicted octanol–water partition coefficient (Wildman–Crippen LogP) is 5.27. The van der Waals surface area contributed by atoms with Gasteiger partial charge >= 0.3 is 0 Å². The van der Waals surface area contributed by atoms with Crippen LogP contribution >= 0.6 is 55.9 Å². The fraction of sp³-hybridized carbons (Fsp3) is 0.222. The van der Waals surface area contributed by atoms with Gasteiger partial charge in [-0.1, -0.05) is 41.4 Å². The molecule has 1 heterocycles. The van der Waals surface area contributed by atoms with E-state index in [-0.39, 0.29) is 0 Å². The van der Waals surface area contributed by atoms with Crippen LogP contribution in [-0.2, 0) is 0 Å². The minimum absolute atomic E-state index is 0.571. The lowest BCUT2D eigenvalue weighted by Crippen LogP contribution is -1.81. The zero-order valence-corrected chi connectivity index (χ0v) is 13.8. The van der Waals surface area contributed by atoms with Crippen LogP contribution in [0.15, 0.2) is 22.7 Å². The lowest BCUT2D eigenvalue weighted by atomic mass is 10.3. The molecule has 0 amide bonds. The molecule has 0 saturated heterocycles. The number of rotatable bonds is 1. The first-order valence-corrected chi connectivity index (χ1v) is 9.66. The molecule has 0 aliphatic rings. The number of benzene rings is 1. The number of hydrogen-bond donors (Lipinski definition) is 0. The van der Waals surface area contributed by atoms with E-state index in [1.54, 1.807) is 0 Å². The molecule has 0 saturated carbocycles. The van der Waals surface area contributed by atoms with E-state index in [9.17, 15) is 0 Å². The van der Waals surface area contributed by atoms with Crippen LogP contribution in [0, 0.1) is 0 Å². The quantitative estimate of drug-likeness (QED) is 0.455. The molecule has 1 aromatic carbocycles. The topological polar surface area (TPSA) is 17.8 Å². The summed E-state index contributed by atoms with van der Waals surface area (Å²) in [7, 11) is 0. The van der Waals surface area contributed by atoms with Crippen molar-refractivity contribution in [3.05, 3.63) is 27.8 Å². The van der Waals surface area contributed by atoms with Gasteiger partial charge in [0, 0.05) is 9.86 Å². The molecule has 2 rings (SSSR count). The van der Waals surface area contributed by atoms with Gasteiger partial charge in [-0.05, 0) is 40.2 Å². The first kappa shape index (κ1) is 13.7. The molecular weight excluding hydrogens is 409 g/mol. The molecule has 15 heavy (non-hydrogen) atoms. The zero-order valence-electron chi connectivity index (χ0n) is 8.26. The van der Waals surface area contributed by atoms with E-state index in [1.165, 1.54) is 0 Å². The molecule has 2 nitrogen and oxygen atoms in total. The Bertz CT molecular complexity index is 461. The Balaban J connectivity index is 0.000000531. The van der Waals surface area contributed by atoms with Crippen molar-refractivity contribution in [3.63, 3.8) is 0 Å². The highest BCUT2D eigenvalue weighted by Gasteiger charge is 2.07. The lowest BCUT2D eigenvalue weighted by Gasteiger charge is -1.96. The van der Waals surface area contributed by atoms with E-state index >= 15 is 0 Å². The summed E-state index contributed by atoms with van der Waals surface area (Å²) < 4.78 is 2.95. The summed E-state index contributed by atoms with van der Waals surface area (Å²) in [6, 6.07) is 5.97. The molecular formula is C9H10BrClIN2P. The number of aromatic nitrogens is 2. The molecule has 0 aliphatic heterocycles. The summed E-state index contributed by atoms with van der Waals surface area (Å²) in [5.41, 5.74) is 1.08. The fourth-order valence-corrected chi connectivity index (χ4v) is 3.28. The third-order valence-electron chi connectivity index (χ3n) is 1.68. The van der Waals surface area contributed by atoms with Gasteiger partial charge in [-0.15, -0.1) is 0 Å². The molecule has 82 valence electrons. The Kier molecular flexibility index (Phi) is 5.82. The molecule has 6 heteroatoms. The Morgan fingerprint density at radius 2 is 2.13 bits per heavy atom. The normalized spacial score (nSPS) is 10.7. The van der Waals surface area contributed by atoms with Crippen LogP contribution in [0.2, 0.25) is 5.15 Å². The molecule has 2 aromatic rings. The maximum atomic E-state index is 5.96. The van der Waals surface area contributed by atoms with Gasteiger partial charge in [0.15, 0.2) is 5.15 Å². The molecule has 1 atom stereocenters. The summed E-state index contributed by atoms with van der Waals surface area (Å²) in [5.74, 6) is 0. The molecule has 1 unspecified atom stereocenters. The summed E-state index contributed by atoms with van der Waals surface area (Å²) >= 11 is 11.7. The molecule has 0 spiro atoms. The van der Waals surface area contributed by atoms with Crippen molar-refractivity contribution >= 4 is 66.8 Å². The van der Waals surface area contributed by atoms with Crippen molar-refractivity contribution in [2.45, 2.75) is 13.8 Å². The van der Waals surface area contributed by atoms with Crippen LogP contribution in [0.25, 0.3) is 10.9 Å². The largest absolute Gasteiger partial charge is 0.236 e. The average molecular weight is 419 g/mol. The highest BCUT2D eigenvalue weighted by atomic mass is 127. The second kappa shape index (κ2) is 6.38. The standard InChI is InChI=1S/C7H4BrClIN2P.C2H6/c8-4-1-2-5-6(3-4)12(13-10)11-7(5)9;1-2/h1-3,13H;1-2H3. The second-order valence-corrected chi connectivity index (χ2v) is 5.76. The second-order valence-electron chi connectivity index (χ2n) is 2.45. The third-order valence-corrected chi connectivity index (χ3v) is 4.32. The van der Waals surface area contributed by atoms with Crippen LogP contribution < -0.4 is 0 Å². The van der Waals surface area contributed by atoms with E-state index in [2.05, 4.69) is 43.1 Å². The van der Waals surface area contributed by atoms with E-state index in [0.29, 0.717) is 11.5 Å². The van der Waals surface area contributed by atoms with Crippen molar-refractivity contribution in [2.75, 3.05) is 0 Å². The molecule has 0 radical (unpaired) electrons. The minimum atomic E-state index is 0.571. The number of nitrogens with zero attached hydrogens (tertiary/aromatic N) is 2. The van der Waals surface area contributed by atoms with Crippen LogP contribution in [0.1, 0.15) is 13.8 Å². The van der Waals surface area contributed by atoms with Gasteiger partial charge in [-0.2, -0.15) is 5.10 Å². The van der Waals surface area contributed by atoms with Crippen LogP contribution in [0.5, 0.6) is 0 Å². The Labute approximate surface area is 117 Å². The summed E-state index contributed by atoms with van der Waals surface area (Å²) in [4.78, 5) is 0. The zero-order chi connectivity index (χ0) is 11.4. The fourth-order valence-electron chi connectivity index (χ4n) is 1.11. The third kappa shape index (κ3) is 3.05. The minimum Gasteiger partial charge on any atom is -0.236 e. The highest BCUT2D eigenvalue weighted by Crippen LogP contribution is 2.33. The summed E-state index contributed by atoms with van der Waals surface area (Å²) in [6.07, 6.45) is 0.571. The van der Waals surface area contributed by atoms with Crippen molar-refractivity contribution in [3.8, 4) is 0 Å². The van der Waals surface area contributed by atoms with Crippen molar-refractivity contribution in [1.82, 2.24) is 9.55 Å². The van der Waals surface area contributed by atoms with Crippen molar-refractivity contribution in [1.29, 1.82) is 0 Å². The SMILES string of the molecule is CC.Clc1nn(PI)c2cc(Br)ccc12. The Hall–Kier alpha value is 0.620. The molecule has 0 aliphatic carbocycles. The Morgan fingerprint density at radius 1 is 1.47 bits per heavy atom. The monoisotopic (exact) mass is 418 g/mol. The smallest absolute Gasteiger partial charge is 0.159 e. The maximum absolute atomic E-state index is 5.96. The number of hydrogen-bond acceptors (Lipinski definition) is 1. The van der Waals surface area contributed by atoms with E-state index in [0.717, 1.165) is 15.4 Å². The van der Waals surface area contributed by atoms with Crippen LogP contribution in [0.3, 0.4) is 0 Å². The highest BCUT2D eigenvalue weighted by molar-refractivity contribution is 14.2. The molecule has 1 aromatic heterocycles. The van der Waals surface area contributed by atoms with E-state index in [4.69, 9.17) is 11.6 Å². The van der Waals surface area contributed by atoms with E-state index < -0.39 is 0 Å². The number of halogens is 3. The maximum Gasteiger partial charge on any atom is 0.159 e.